The number of rotatable bonds is 4. The van der Waals surface area contributed by atoms with Gasteiger partial charge in [0.05, 0.1) is 0 Å². The second kappa shape index (κ2) is 4.77. The molecule has 0 aliphatic carbocycles. The van der Waals surface area contributed by atoms with Gasteiger partial charge in [0, 0.05) is 17.9 Å². The summed E-state index contributed by atoms with van der Waals surface area (Å²) in [5.41, 5.74) is 6.31. The fraction of sp³-hybridized carbons (Fsp3) is 0.455. The number of nitrogens with two attached hydrogens (primary N) is 1. The van der Waals surface area contributed by atoms with E-state index in [4.69, 9.17) is 5.73 Å². The quantitative estimate of drug-likeness (QED) is 0.788. The third-order valence-electron chi connectivity index (χ3n) is 2.41. The molecule has 1 heterocycles. The molecule has 1 aromatic rings. The van der Waals surface area contributed by atoms with Crippen molar-refractivity contribution in [1.82, 2.24) is 4.98 Å². The summed E-state index contributed by atoms with van der Waals surface area (Å²) in [6.07, 6.45) is 1.58. The molecule has 0 saturated carbocycles. The third-order valence-corrected chi connectivity index (χ3v) is 2.41. The summed E-state index contributed by atoms with van der Waals surface area (Å²) in [6.45, 7) is 6.36. The van der Waals surface area contributed by atoms with Crippen LogP contribution in [0.4, 0.5) is 5.69 Å². The van der Waals surface area contributed by atoms with Gasteiger partial charge in [-0.25, -0.2) is 0 Å². The lowest BCUT2D eigenvalue weighted by molar-refractivity contribution is 0.0995. The van der Waals surface area contributed by atoms with Gasteiger partial charge in [-0.15, -0.1) is 0 Å². The summed E-state index contributed by atoms with van der Waals surface area (Å²) in [7, 11) is 0. The maximum absolute atomic E-state index is 10.9. The van der Waals surface area contributed by atoms with Gasteiger partial charge in [-0.05, 0) is 25.0 Å². The second-order valence-electron chi connectivity index (χ2n) is 3.97. The lowest BCUT2D eigenvalue weighted by atomic mass is 10.1. The number of anilines is 1. The largest absolute Gasteiger partial charge is 0.382 e. The zero-order chi connectivity index (χ0) is 11.4. The zero-order valence-corrected chi connectivity index (χ0v) is 9.32. The van der Waals surface area contributed by atoms with E-state index in [1.807, 2.05) is 6.07 Å². The van der Waals surface area contributed by atoms with E-state index in [1.54, 1.807) is 12.3 Å². The number of carbonyl (C=O) groups is 1. The molecule has 3 N–H and O–H groups in total. The highest BCUT2D eigenvalue weighted by Gasteiger charge is 2.08. The van der Waals surface area contributed by atoms with Crippen LogP contribution in [0, 0.1) is 5.92 Å². The first-order valence-electron chi connectivity index (χ1n) is 5.03. The smallest absolute Gasteiger partial charge is 0.267 e. The molecule has 1 amide bonds. The molecule has 15 heavy (non-hydrogen) atoms. The van der Waals surface area contributed by atoms with Crippen molar-refractivity contribution in [2.45, 2.75) is 26.8 Å². The van der Waals surface area contributed by atoms with Gasteiger partial charge in [-0.2, -0.15) is 0 Å². The van der Waals surface area contributed by atoms with Gasteiger partial charge in [-0.3, -0.25) is 9.78 Å². The van der Waals surface area contributed by atoms with E-state index < -0.39 is 5.91 Å². The van der Waals surface area contributed by atoms with Gasteiger partial charge in [0.25, 0.3) is 5.91 Å². The Morgan fingerprint density at radius 2 is 2.13 bits per heavy atom. The minimum absolute atomic E-state index is 0.288. The van der Waals surface area contributed by atoms with Gasteiger partial charge < -0.3 is 11.1 Å². The first-order valence-corrected chi connectivity index (χ1v) is 5.03. The molecule has 0 fully saturated rings. The van der Waals surface area contributed by atoms with Gasteiger partial charge in [0.1, 0.15) is 5.69 Å². The Bertz CT molecular complexity index is 349. The molecule has 1 atom stereocenters. The van der Waals surface area contributed by atoms with Gasteiger partial charge >= 0.3 is 0 Å². The highest BCUT2D eigenvalue weighted by molar-refractivity contribution is 5.91. The Kier molecular flexibility index (Phi) is 3.66. The number of nitrogens with zero attached hydrogens (tertiary/aromatic N) is 1. The third kappa shape index (κ3) is 3.23. The van der Waals surface area contributed by atoms with Crippen molar-refractivity contribution in [3.63, 3.8) is 0 Å². The van der Waals surface area contributed by atoms with E-state index in [2.05, 4.69) is 31.1 Å². The number of primary amides is 1. The van der Waals surface area contributed by atoms with Crippen LogP contribution in [-0.4, -0.2) is 16.9 Å². The molecule has 82 valence electrons. The molecule has 4 heteroatoms. The van der Waals surface area contributed by atoms with Crippen molar-refractivity contribution in [3.8, 4) is 0 Å². The molecule has 4 nitrogen and oxygen atoms in total. The topological polar surface area (TPSA) is 68.0 Å². The zero-order valence-electron chi connectivity index (χ0n) is 9.32. The predicted molar refractivity (Wildman–Crippen MR) is 60.7 cm³/mol. The van der Waals surface area contributed by atoms with Crippen LogP contribution in [0.5, 0.6) is 0 Å². The van der Waals surface area contributed by atoms with Crippen molar-refractivity contribution in [1.29, 1.82) is 0 Å². The van der Waals surface area contributed by atoms with E-state index in [9.17, 15) is 4.79 Å². The van der Waals surface area contributed by atoms with Crippen molar-refractivity contribution < 1.29 is 4.79 Å². The molecule has 0 spiro atoms. The minimum Gasteiger partial charge on any atom is -0.382 e. The summed E-state index contributed by atoms with van der Waals surface area (Å²) >= 11 is 0. The van der Waals surface area contributed by atoms with E-state index in [-0.39, 0.29) is 5.69 Å². The Morgan fingerprint density at radius 3 is 2.67 bits per heavy atom. The number of carbonyl (C=O) groups excluding carboxylic acids is 1. The van der Waals surface area contributed by atoms with Crippen LogP contribution in [-0.2, 0) is 0 Å². The van der Waals surface area contributed by atoms with Crippen molar-refractivity contribution in [3.05, 3.63) is 24.0 Å². The number of aromatic nitrogens is 1. The van der Waals surface area contributed by atoms with E-state index in [0.717, 1.165) is 5.69 Å². The first kappa shape index (κ1) is 11.5. The van der Waals surface area contributed by atoms with Crippen molar-refractivity contribution in [2.24, 2.45) is 11.7 Å². The van der Waals surface area contributed by atoms with Crippen LogP contribution < -0.4 is 11.1 Å². The molecule has 0 aliphatic heterocycles. The number of pyridine rings is 1. The van der Waals surface area contributed by atoms with Gasteiger partial charge in [-0.1, -0.05) is 13.8 Å². The molecule has 0 aliphatic rings. The fourth-order valence-electron chi connectivity index (χ4n) is 1.08. The molecule has 0 radical (unpaired) electrons. The molecule has 0 saturated heterocycles. The number of amides is 1. The predicted octanol–water partition coefficient (Wildman–Crippen LogP) is 1.64. The van der Waals surface area contributed by atoms with Crippen molar-refractivity contribution in [2.75, 3.05) is 5.32 Å². The Hall–Kier alpha value is -1.58. The highest BCUT2D eigenvalue weighted by atomic mass is 16.1. The molecule has 1 unspecified atom stereocenters. The number of hydrogen-bond acceptors (Lipinski definition) is 3. The minimum atomic E-state index is -0.504. The standard InChI is InChI=1S/C11H17N3O/c1-7(2)8(3)14-9-4-5-13-10(6-9)11(12)15/h4-8H,1-3H3,(H2,12,15)(H,13,14). The summed E-state index contributed by atoms with van der Waals surface area (Å²) in [4.78, 5) is 14.8. The van der Waals surface area contributed by atoms with Crippen LogP contribution >= 0.6 is 0 Å². The molecule has 0 aromatic carbocycles. The van der Waals surface area contributed by atoms with Crippen LogP contribution in [0.2, 0.25) is 0 Å². The van der Waals surface area contributed by atoms with Gasteiger partial charge in [0.15, 0.2) is 0 Å². The van der Waals surface area contributed by atoms with Gasteiger partial charge in [0.2, 0.25) is 0 Å². The number of hydrogen-bond donors (Lipinski definition) is 2. The monoisotopic (exact) mass is 207 g/mol. The maximum Gasteiger partial charge on any atom is 0.267 e. The first-order chi connectivity index (χ1) is 7.00. The highest BCUT2D eigenvalue weighted by Crippen LogP contribution is 2.12. The number of nitrogens with one attached hydrogen (secondary N) is 1. The van der Waals surface area contributed by atoms with Crippen LogP contribution in [0.3, 0.4) is 0 Å². The average molecular weight is 207 g/mol. The van der Waals surface area contributed by atoms with Crippen LogP contribution in [0.1, 0.15) is 31.3 Å². The summed E-state index contributed by atoms with van der Waals surface area (Å²) in [5, 5.41) is 3.29. The maximum atomic E-state index is 10.9. The Morgan fingerprint density at radius 1 is 1.47 bits per heavy atom. The molecule has 0 bridgehead atoms. The molecule has 1 rings (SSSR count). The van der Waals surface area contributed by atoms with Crippen molar-refractivity contribution >= 4 is 11.6 Å². The SMILES string of the molecule is CC(C)C(C)Nc1ccnc(C(N)=O)c1. The van der Waals surface area contributed by atoms with Crippen LogP contribution in [0.15, 0.2) is 18.3 Å². The molecule has 1 aromatic heterocycles. The molecular weight excluding hydrogens is 190 g/mol. The van der Waals surface area contributed by atoms with E-state index in [1.165, 1.54) is 0 Å². The van der Waals surface area contributed by atoms with E-state index in [0.29, 0.717) is 12.0 Å². The molecular formula is C11H17N3O. The Balaban J connectivity index is 2.78. The lowest BCUT2D eigenvalue weighted by Crippen LogP contribution is -2.22. The lowest BCUT2D eigenvalue weighted by Gasteiger charge is -2.18. The van der Waals surface area contributed by atoms with Crippen LogP contribution in [0.25, 0.3) is 0 Å². The summed E-state index contributed by atoms with van der Waals surface area (Å²) in [5.74, 6) is 0.0195. The fourth-order valence-corrected chi connectivity index (χ4v) is 1.08. The summed E-state index contributed by atoms with van der Waals surface area (Å²) in [6, 6.07) is 3.83. The summed E-state index contributed by atoms with van der Waals surface area (Å²) < 4.78 is 0. The average Bonchev–Trinajstić information content (AvgIpc) is 2.18. The normalized spacial score (nSPS) is 12.5. The second-order valence-corrected chi connectivity index (χ2v) is 3.97. The Labute approximate surface area is 89.9 Å². The van der Waals surface area contributed by atoms with E-state index >= 15 is 0 Å².